The summed E-state index contributed by atoms with van der Waals surface area (Å²) in [7, 11) is 0. The zero-order valence-corrected chi connectivity index (χ0v) is 13.4. The van der Waals surface area contributed by atoms with Gasteiger partial charge in [-0.2, -0.15) is 23.5 Å². The van der Waals surface area contributed by atoms with Crippen LogP contribution in [0.5, 0.6) is 5.75 Å². The van der Waals surface area contributed by atoms with Crippen LogP contribution >= 0.6 is 23.5 Å². The van der Waals surface area contributed by atoms with E-state index < -0.39 is 0 Å². The summed E-state index contributed by atoms with van der Waals surface area (Å²) in [6.07, 6.45) is 0. The van der Waals surface area contributed by atoms with E-state index in [9.17, 15) is 0 Å². The van der Waals surface area contributed by atoms with Crippen LogP contribution in [0, 0.1) is 0 Å². The largest absolute Gasteiger partial charge is 0.494 e. The van der Waals surface area contributed by atoms with Crippen molar-refractivity contribution in [3.8, 4) is 5.75 Å². The van der Waals surface area contributed by atoms with Crippen LogP contribution in [0.15, 0.2) is 24.3 Å². The molecule has 19 heavy (non-hydrogen) atoms. The molecule has 1 heterocycles. The van der Waals surface area contributed by atoms with E-state index in [2.05, 4.69) is 60.0 Å². The molecule has 4 heteroatoms. The first-order chi connectivity index (χ1) is 9.35. The van der Waals surface area contributed by atoms with Gasteiger partial charge in [-0.1, -0.05) is 19.1 Å². The molecule has 2 unspecified atom stereocenters. The lowest BCUT2D eigenvalue weighted by molar-refractivity contribution is 0.340. The van der Waals surface area contributed by atoms with E-state index in [1.54, 1.807) is 0 Å². The van der Waals surface area contributed by atoms with E-state index in [0.717, 1.165) is 18.9 Å². The molecule has 1 fully saturated rings. The Morgan fingerprint density at radius 3 is 2.63 bits per heavy atom. The van der Waals surface area contributed by atoms with Gasteiger partial charge in [0.25, 0.3) is 0 Å². The summed E-state index contributed by atoms with van der Waals surface area (Å²) in [4.78, 5) is 0. The van der Waals surface area contributed by atoms with Gasteiger partial charge in [-0.15, -0.1) is 0 Å². The van der Waals surface area contributed by atoms with E-state index in [-0.39, 0.29) is 0 Å². The lowest BCUT2D eigenvalue weighted by Gasteiger charge is -2.30. The highest BCUT2D eigenvalue weighted by molar-refractivity contribution is 8.06. The monoisotopic (exact) mass is 297 g/mol. The standard InChI is InChI=1S/C15H23NOS2/c1-3-16-15(14-11-18-9-10-19-14)12-5-7-13(8-6-12)17-4-2/h5-8,14-16H,3-4,9-11H2,1-2H3. The summed E-state index contributed by atoms with van der Waals surface area (Å²) in [6.45, 7) is 5.94. The van der Waals surface area contributed by atoms with Gasteiger partial charge in [-0.3, -0.25) is 0 Å². The van der Waals surface area contributed by atoms with E-state index in [0.29, 0.717) is 11.3 Å². The van der Waals surface area contributed by atoms with Crippen molar-refractivity contribution in [2.24, 2.45) is 0 Å². The fraction of sp³-hybridized carbons (Fsp3) is 0.600. The topological polar surface area (TPSA) is 21.3 Å². The van der Waals surface area contributed by atoms with Gasteiger partial charge in [0.15, 0.2) is 0 Å². The van der Waals surface area contributed by atoms with Crippen molar-refractivity contribution in [1.82, 2.24) is 5.32 Å². The molecular formula is C15H23NOS2. The summed E-state index contributed by atoms with van der Waals surface area (Å²) >= 11 is 4.18. The molecule has 2 rings (SSSR count). The van der Waals surface area contributed by atoms with Gasteiger partial charge in [-0.25, -0.2) is 0 Å². The lowest BCUT2D eigenvalue weighted by Crippen LogP contribution is -2.33. The number of thioether (sulfide) groups is 2. The summed E-state index contributed by atoms with van der Waals surface area (Å²) in [5.41, 5.74) is 1.38. The van der Waals surface area contributed by atoms with Crippen LogP contribution < -0.4 is 10.1 Å². The van der Waals surface area contributed by atoms with Crippen LogP contribution in [0.3, 0.4) is 0 Å². The molecule has 1 N–H and O–H groups in total. The van der Waals surface area contributed by atoms with Gasteiger partial charge < -0.3 is 10.1 Å². The second kappa shape index (κ2) is 8.08. The molecule has 0 radical (unpaired) electrons. The van der Waals surface area contributed by atoms with E-state index in [1.807, 2.05) is 6.92 Å². The molecule has 106 valence electrons. The van der Waals surface area contributed by atoms with Gasteiger partial charge in [-0.05, 0) is 31.2 Å². The average Bonchev–Trinajstić information content (AvgIpc) is 2.47. The number of ether oxygens (including phenoxy) is 1. The first-order valence-corrected chi connectivity index (χ1v) is 9.21. The predicted molar refractivity (Wildman–Crippen MR) is 87.6 cm³/mol. The van der Waals surface area contributed by atoms with Crippen LogP contribution in [0.25, 0.3) is 0 Å². The van der Waals surface area contributed by atoms with Gasteiger partial charge in [0, 0.05) is 28.6 Å². The first kappa shape index (κ1) is 15.1. The minimum absolute atomic E-state index is 0.457. The molecule has 0 aliphatic carbocycles. The Labute approximate surface area is 125 Å². The Kier molecular flexibility index (Phi) is 6.41. The van der Waals surface area contributed by atoms with Crippen molar-refractivity contribution in [3.63, 3.8) is 0 Å². The van der Waals surface area contributed by atoms with Gasteiger partial charge >= 0.3 is 0 Å². The Morgan fingerprint density at radius 2 is 2.05 bits per heavy atom. The van der Waals surface area contributed by atoms with Crippen LogP contribution in [-0.2, 0) is 0 Å². The molecule has 1 aliphatic rings. The van der Waals surface area contributed by atoms with Crippen molar-refractivity contribution >= 4 is 23.5 Å². The molecule has 0 aromatic heterocycles. The highest BCUT2D eigenvalue weighted by Gasteiger charge is 2.25. The minimum Gasteiger partial charge on any atom is -0.494 e. The normalized spacial score (nSPS) is 21.1. The highest BCUT2D eigenvalue weighted by Crippen LogP contribution is 2.34. The zero-order chi connectivity index (χ0) is 13.5. The molecule has 2 atom stereocenters. The zero-order valence-electron chi connectivity index (χ0n) is 11.7. The van der Waals surface area contributed by atoms with Crippen molar-refractivity contribution < 1.29 is 4.74 Å². The third kappa shape index (κ3) is 4.33. The number of rotatable bonds is 6. The molecule has 2 nitrogen and oxygen atoms in total. The Hall–Kier alpha value is -0.320. The SMILES string of the molecule is CCNC(c1ccc(OCC)cc1)C1CSCCS1. The van der Waals surface area contributed by atoms with Crippen LogP contribution in [0.4, 0.5) is 0 Å². The van der Waals surface area contributed by atoms with E-state index in [4.69, 9.17) is 4.74 Å². The second-order valence-corrected chi connectivity index (χ2v) is 7.02. The van der Waals surface area contributed by atoms with Gasteiger partial charge in [0.2, 0.25) is 0 Å². The summed E-state index contributed by atoms with van der Waals surface area (Å²) in [6, 6.07) is 9.04. The number of hydrogen-bond donors (Lipinski definition) is 1. The molecule has 1 aliphatic heterocycles. The van der Waals surface area contributed by atoms with Crippen molar-refractivity contribution in [3.05, 3.63) is 29.8 Å². The molecular weight excluding hydrogens is 274 g/mol. The lowest BCUT2D eigenvalue weighted by atomic mass is 10.0. The second-order valence-electron chi connectivity index (χ2n) is 4.52. The Balaban J connectivity index is 2.08. The van der Waals surface area contributed by atoms with Crippen molar-refractivity contribution in [2.45, 2.75) is 25.1 Å². The maximum absolute atomic E-state index is 5.52. The molecule has 1 saturated heterocycles. The highest BCUT2D eigenvalue weighted by atomic mass is 32.2. The third-order valence-electron chi connectivity index (χ3n) is 3.19. The fourth-order valence-electron chi connectivity index (χ4n) is 2.32. The molecule has 0 bridgehead atoms. The molecule has 1 aromatic carbocycles. The summed E-state index contributed by atoms with van der Waals surface area (Å²) in [5.74, 6) is 4.78. The fourth-order valence-corrected chi connectivity index (χ4v) is 5.19. The third-order valence-corrected chi connectivity index (χ3v) is 6.05. The van der Waals surface area contributed by atoms with Crippen molar-refractivity contribution in [1.29, 1.82) is 0 Å². The predicted octanol–water partition coefficient (Wildman–Crippen LogP) is 3.58. The maximum atomic E-state index is 5.52. The Bertz CT molecular complexity index is 363. The first-order valence-electron chi connectivity index (χ1n) is 7.00. The van der Waals surface area contributed by atoms with Crippen LogP contribution in [0.2, 0.25) is 0 Å². The summed E-state index contributed by atoms with van der Waals surface area (Å²) < 4.78 is 5.52. The Morgan fingerprint density at radius 1 is 1.26 bits per heavy atom. The van der Waals surface area contributed by atoms with Crippen LogP contribution in [-0.4, -0.2) is 35.7 Å². The quantitative estimate of drug-likeness (QED) is 0.866. The van der Waals surface area contributed by atoms with Gasteiger partial charge in [0.05, 0.1) is 6.61 Å². The van der Waals surface area contributed by atoms with E-state index in [1.165, 1.54) is 22.8 Å². The maximum Gasteiger partial charge on any atom is 0.119 e. The minimum atomic E-state index is 0.457. The number of hydrogen-bond acceptors (Lipinski definition) is 4. The summed E-state index contributed by atoms with van der Waals surface area (Å²) in [5, 5.41) is 4.32. The van der Waals surface area contributed by atoms with Crippen LogP contribution in [0.1, 0.15) is 25.5 Å². The molecule has 0 saturated carbocycles. The molecule has 0 spiro atoms. The molecule has 0 amide bonds. The number of benzene rings is 1. The molecule has 1 aromatic rings. The smallest absolute Gasteiger partial charge is 0.119 e. The van der Waals surface area contributed by atoms with Crippen molar-refractivity contribution in [2.75, 3.05) is 30.4 Å². The van der Waals surface area contributed by atoms with E-state index >= 15 is 0 Å². The number of nitrogens with one attached hydrogen (secondary N) is 1. The average molecular weight is 297 g/mol. The van der Waals surface area contributed by atoms with Gasteiger partial charge in [0.1, 0.15) is 5.75 Å².